The van der Waals surface area contributed by atoms with Crippen LogP contribution in [-0.4, -0.2) is 24.2 Å². The second-order valence-corrected chi connectivity index (χ2v) is 5.73. The van der Waals surface area contributed by atoms with Gasteiger partial charge < -0.3 is 10.5 Å². The summed E-state index contributed by atoms with van der Waals surface area (Å²) < 4.78 is 5.53. The van der Waals surface area contributed by atoms with Gasteiger partial charge in [0.1, 0.15) is 5.75 Å². The molecule has 1 atom stereocenters. The Bertz CT molecular complexity index is 336. The zero-order valence-corrected chi connectivity index (χ0v) is 11.4. The molecule has 0 bridgehead atoms. The number of thioether (sulfide) groups is 1. The van der Waals surface area contributed by atoms with E-state index in [-0.39, 0.29) is 0 Å². The molecule has 5 heteroatoms. The number of halogens is 2. The van der Waals surface area contributed by atoms with Gasteiger partial charge in [0, 0.05) is 22.6 Å². The minimum absolute atomic E-state index is 0.462. The van der Waals surface area contributed by atoms with Crippen molar-refractivity contribution in [2.24, 2.45) is 5.73 Å². The minimum Gasteiger partial charge on any atom is -0.491 e. The van der Waals surface area contributed by atoms with Gasteiger partial charge in [-0.2, -0.15) is 11.8 Å². The highest BCUT2D eigenvalue weighted by molar-refractivity contribution is 7.99. The first-order valence-electron chi connectivity index (χ1n) is 5.03. The summed E-state index contributed by atoms with van der Waals surface area (Å²) >= 11 is 13.5. The molecule has 16 heavy (non-hydrogen) atoms. The quantitative estimate of drug-likeness (QED) is 0.811. The van der Waals surface area contributed by atoms with Crippen molar-refractivity contribution in [3.05, 3.63) is 28.2 Å². The van der Waals surface area contributed by atoms with Crippen LogP contribution in [-0.2, 0) is 0 Å². The van der Waals surface area contributed by atoms with Crippen LogP contribution in [0.3, 0.4) is 0 Å². The SMILES string of the molecule is CC(CN)SCCOc1ccc(Cl)cc1Cl. The molecule has 0 aliphatic carbocycles. The molecule has 0 radical (unpaired) electrons. The Morgan fingerprint density at radius 3 is 2.81 bits per heavy atom. The molecule has 0 saturated heterocycles. The van der Waals surface area contributed by atoms with E-state index in [9.17, 15) is 0 Å². The lowest BCUT2D eigenvalue weighted by Gasteiger charge is -2.10. The Balaban J connectivity index is 2.32. The van der Waals surface area contributed by atoms with Gasteiger partial charge in [-0.25, -0.2) is 0 Å². The Hall–Kier alpha value is -0.0900. The van der Waals surface area contributed by atoms with Gasteiger partial charge in [-0.15, -0.1) is 0 Å². The number of benzene rings is 1. The fraction of sp³-hybridized carbons (Fsp3) is 0.455. The van der Waals surface area contributed by atoms with Crippen molar-refractivity contribution in [1.29, 1.82) is 0 Å². The third kappa shape index (κ3) is 4.83. The molecule has 1 aromatic carbocycles. The summed E-state index contributed by atoms with van der Waals surface area (Å²) in [5.74, 6) is 1.57. The lowest BCUT2D eigenvalue weighted by Crippen LogP contribution is -2.14. The van der Waals surface area contributed by atoms with Crippen LogP contribution in [0.15, 0.2) is 18.2 Å². The van der Waals surface area contributed by atoms with Crippen molar-refractivity contribution in [2.45, 2.75) is 12.2 Å². The Labute approximate surface area is 110 Å². The maximum Gasteiger partial charge on any atom is 0.138 e. The van der Waals surface area contributed by atoms with Crippen LogP contribution < -0.4 is 10.5 Å². The summed E-state index contributed by atoms with van der Waals surface area (Å²) in [6.45, 7) is 3.41. The Morgan fingerprint density at radius 2 is 2.19 bits per heavy atom. The van der Waals surface area contributed by atoms with Crippen LogP contribution in [0.1, 0.15) is 6.92 Å². The van der Waals surface area contributed by atoms with E-state index in [1.165, 1.54) is 0 Å². The topological polar surface area (TPSA) is 35.2 Å². The molecular weight excluding hydrogens is 265 g/mol. The predicted molar refractivity (Wildman–Crippen MR) is 72.9 cm³/mol. The Morgan fingerprint density at radius 1 is 1.44 bits per heavy atom. The molecular formula is C11H15Cl2NOS. The molecule has 0 fully saturated rings. The van der Waals surface area contributed by atoms with Crippen LogP contribution in [0.5, 0.6) is 5.75 Å². The maximum absolute atomic E-state index is 5.96. The number of rotatable bonds is 6. The predicted octanol–water partition coefficient (Wildman–Crippen LogP) is 3.45. The van der Waals surface area contributed by atoms with E-state index in [0.717, 1.165) is 5.75 Å². The molecule has 0 amide bonds. The molecule has 0 spiro atoms. The smallest absolute Gasteiger partial charge is 0.138 e. The first-order valence-corrected chi connectivity index (χ1v) is 6.83. The zero-order chi connectivity index (χ0) is 12.0. The summed E-state index contributed by atoms with van der Waals surface area (Å²) in [6, 6.07) is 5.22. The number of ether oxygens (including phenoxy) is 1. The first-order chi connectivity index (χ1) is 7.63. The molecule has 90 valence electrons. The third-order valence-electron chi connectivity index (χ3n) is 1.97. The molecule has 0 aromatic heterocycles. The molecule has 1 rings (SSSR count). The molecule has 0 aliphatic heterocycles. The van der Waals surface area contributed by atoms with Crippen LogP contribution in [0.2, 0.25) is 10.0 Å². The molecule has 0 aliphatic rings. The van der Waals surface area contributed by atoms with Gasteiger partial charge in [0.2, 0.25) is 0 Å². The van der Waals surface area contributed by atoms with Gasteiger partial charge in [0.15, 0.2) is 0 Å². The lowest BCUT2D eigenvalue weighted by atomic mass is 10.3. The number of hydrogen-bond acceptors (Lipinski definition) is 3. The largest absolute Gasteiger partial charge is 0.491 e. The highest BCUT2D eigenvalue weighted by atomic mass is 35.5. The van der Waals surface area contributed by atoms with Crippen molar-refractivity contribution in [2.75, 3.05) is 18.9 Å². The Kier molecular flexibility index (Phi) is 6.36. The summed E-state index contributed by atoms with van der Waals surface area (Å²) in [4.78, 5) is 0. The monoisotopic (exact) mass is 279 g/mol. The van der Waals surface area contributed by atoms with E-state index in [1.54, 1.807) is 30.0 Å². The number of nitrogens with two attached hydrogens (primary N) is 1. The van der Waals surface area contributed by atoms with E-state index in [4.69, 9.17) is 33.7 Å². The van der Waals surface area contributed by atoms with Crippen LogP contribution >= 0.6 is 35.0 Å². The van der Waals surface area contributed by atoms with E-state index in [1.807, 2.05) is 0 Å². The van der Waals surface area contributed by atoms with Crippen molar-refractivity contribution in [3.8, 4) is 5.75 Å². The lowest BCUT2D eigenvalue weighted by molar-refractivity contribution is 0.344. The summed E-state index contributed by atoms with van der Waals surface area (Å²) in [6.07, 6.45) is 0. The van der Waals surface area contributed by atoms with Gasteiger partial charge >= 0.3 is 0 Å². The average molecular weight is 280 g/mol. The summed E-state index contributed by atoms with van der Waals surface area (Å²) in [5, 5.41) is 1.62. The average Bonchev–Trinajstić information content (AvgIpc) is 2.26. The van der Waals surface area contributed by atoms with E-state index in [0.29, 0.717) is 34.2 Å². The van der Waals surface area contributed by atoms with Crippen molar-refractivity contribution < 1.29 is 4.74 Å². The second-order valence-electron chi connectivity index (χ2n) is 3.34. The summed E-state index contributed by atoms with van der Waals surface area (Å²) in [5.41, 5.74) is 5.51. The van der Waals surface area contributed by atoms with Crippen LogP contribution in [0, 0.1) is 0 Å². The highest BCUT2D eigenvalue weighted by Gasteiger charge is 2.03. The van der Waals surface area contributed by atoms with Gasteiger partial charge in [-0.05, 0) is 18.2 Å². The van der Waals surface area contributed by atoms with E-state index < -0.39 is 0 Å². The molecule has 0 heterocycles. The second kappa shape index (κ2) is 7.28. The van der Waals surface area contributed by atoms with Gasteiger partial charge in [-0.1, -0.05) is 30.1 Å². The zero-order valence-electron chi connectivity index (χ0n) is 9.08. The van der Waals surface area contributed by atoms with Gasteiger partial charge in [-0.3, -0.25) is 0 Å². The van der Waals surface area contributed by atoms with Crippen LogP contribution in [0.25, 0.3) is 0 Å². The van der Waals surface area contributed by atoms with Gasteiger partial charge in [0.05, 0.1) is 11.6 Å². The van der Waals surface area contributed by atoms with E-state index in [2.05, 4.69) is 6.92 Å². The molecule has 0 saturated carbocycles. The standard InChI is InChI=1S/C11H15Cl2NOS/c1-8(7-14)16-5-4-15-11-3-2-9(12)6-10(11)13/h2-3,6,8H,4-5,7,14H2,1H3. The molecule has 2 nitrogen and oxygen atoms in total. The van der Waals surface area contributed by atoms with Gasteiger partial charge in [0.25, 0.3) is 0 Å². The third-order valence-corrected chi connectivity index (χ3v) is 3.66. The summed E-state index contributed by atoms with van der Waals surface area (Å²) in [7, 11) is 0. The first kappa shape index (κ1) is 14.0. The van der Waals surface area contributed by atoms with Crippen LogP contribution in [0.4, 0.5) is 0 Å². The minimum atomic E-state index is 0.462. The fourth-order valence-electron chi connectivity index (χ4n) is 1.06. The molecule has 2 N–H and O–H groups in total. The fourth-order valence-corrected chi connectivity index (χ4v) is 2.24. The maximum atomic E-state index is 5.96. The van der Waals surface area contributed by atoms with Crippen molar-refractivity contribution >= 4 is 35.0 Å². The van der Waals surface area contributed by atoms with Crippen molar-refractivity contribution in [3.63, 3.8) is 0 Å². The molecule has 1 unspecified atom stereocenters. The normalized spacial score (nSPS) is 12.5. The highest BCUT2D eigenvalue weighted by Crippen LogP contribution is 2.27. The number of hydrogen-bond donors (Lipinski definition) is 1. The van der Waals surface area contributed by atoms with Crippen molar-refractivity contribution in [1.82, 2.24) is 0 Å². The van der Waals surface area contributed by atoms with E-state index >= 15 is 0 Å². The molecule has 1 aromatic rings.